The van der Waals surface area contributed by atoms with E-state index in [1.54, 1.807) is 21.3 Å². The molecule has 1 aromatic carbocycles. The van der Waals surface area contributed by atoms with Crippen LogP contribution in [0.15, 0.2) is 30.3 Å². The van der Waals surface area contributed by atoms with Crippen LogP contribution in [0.2, 0.25) is 0 Å². The van der Waals surface area contributed by atoms with Crippen LogP contribution in [-0.2, 0) is 28.4 Å². The van der Waals surface area contributed by atoms with Crippen molar-refractivity contribution >= 4 is 0 Å². The lowest BCUT2D eigenvalue weighted by Crippen LogP contribution is -2.63. The highest BCUT2D eigenvalue weighted by Crippen LogP contribution is 2.35. The molecule has 0 bridgehead atoms. The minimum Gasteiger partial charge on any atom is -0.376 e. The van der Waals surface area contributed by atoms with E-state index in [1.165, 1.54) is 0 Å². The van der Waals surface area contributed by atoms with E-state index in [-0.39, 0.29) is 24.4 Å². The summed E-state index contributed by atoms with van der Waals surface area (Å²) in [5.74, 6) is 0. The van der Waals surface area contributed by atoms with Gasteiger partial charge >= 0.3 is 0 Å². The Morgan fingerprint density at radius 2 is 1.64 bits per heavy atom. The van der Waals surface area contributed by atoms with Crippen molar-refractivity contribution in [1.29, 1.82) is 0 Å². The Balaban J connectivity index is 1.79. The van der Waals surface area contributed by atoms with Crippen molar-refractivity contribution in [2.45, 2.75) is 37.0 Å². The van der Waals surface area contributed by atoms with Crippen molar-refractivity contribution in [1.82, 2.24) is 0 Å². The third-order valence-electron chi connectivity index (χ3n) is 4.13. The van der Waals surface area contributed by atoms with Gasteiger partial charge in [0.1, 0.15) is 24.4 Å². The molecule has 0 N–H and O–H groups in total. The number of benzene rings is 1. The molecule has 2 fully saturated rings. The molecule has 6 nitrogen and oxygen atoms in total. The summed E-state index contributed by atoms with van der Waals surface area (Å²) in [7, 11) is 4.84. The first-order valence-electron chi connectivity index (χ1n) is 7.34. The van der Waals surface area contributed by atoms with Gasteiger partial charge in [-0.15, -0.1) is 0 Å². The van der Waals surface area contributed by atoms with E-state index in [9.17, 15) is 0 Å². The highest BCUT2D eigenvalue weighted by molar-refractivity contribution is 5.16. The molecule has 3 rings (SSSR count). The number of rotatable bonds is 4. The molecule has 22 heavy (non-hydrogen) atoms. The first-order valence-corrected chi connectivity index (χ1v) is 7.34. The molecule has 2 aliphatic rings. The van der Waals surface area contributed by atoms with Crippen molar-refractivity contribution in [2.24, 2.45) is 0 Å². The topological polar surface area (TPSA) is 55.4 Å². The molecular formula is C16H22O6. The van der Waals surface area contributed by atoms with Crippen LogP contribution < -0.4 is 0 Å². The van der Waals surface area contributed by atoms with Crippen molar-refractivity contribution < 1.29 is 28.4 Å². The summed E-state index contributed by atoms with van der Waals surface area (Å²) in [6, 6.07) is 9.82. The summed E-state index contributed by atoms with van der Waals surface area (Å²) >= 11 is 0. The Kier molecular flexibility index (Phi) is 5.07. The quantitative estimate of drug-likeness (QED) is 0.840. The number of ether oxygens (including phenoxy) is 6. The SMILES string of the molecule is CO[C@H]1O[C@@H]2COC(c3ccccc3)O[C@H]2[C@@H](OC)[C@@H]1OC. The lowest BCUT2D eigenvalue weighted by atomic mass is 9.97. The smallest absolute Gasteiger partial charge is 0.186 e. The standard InChI is InChI=1S/C16H22O6/c1-17-13-12-11(21-16(19-3)14(13)18-2)9-20-15(22-12)10-7-5-4-6-8-10/h4-8,11-16H,9H2,1-3H3/t11-,12-,13-,14+,15?,16+/m1/s1. The summed E-state index contributed by atoms with van der Waals surface area (Å²) in [6.45, 7) is 0.417. The van der Waals surface area contributed by atoms with Crippen LogP contribution in [0.1, 0.15) is 11.9 Å². The van der Waals surface area contributed by atoms with E-state index in [4.69, 9.17) is 28.4 Å². The number of hydrogen-bond acceptors (Lipinski definition) is 6. The van der Waals surface area contributed by atoms with Gasteiger partial charge in [-0.1, -0.05) is 30.3 Å². The molecule has 6 heteroatoms. The molecule has 2 saturated heterocycles. The van der Waals surface area contributed by atoms with Crippen LogP contribution >= 0.6 is 0 Å². The Morgan fingerprint density at radius 3 is 2.27 bits per heavy atom. The van der Waals surface area contributed by atoms with Crippen molar-refractivity contribution in [3.63, 3.8) is 0 Å². The fourth-order valence-corrected chi connectivity index (χ4v) is 3.03. The van der Waals surface area contributed by atoms with Gasteiger partial charge in [0.2, 0.25) is 0 Å². The predicted octanol–water partition coefficient (Wildman–Crippen LogP) is 1.50. The molecule has 1 unspecified atom stereocenters. The third-order valence-corrected chi connectivity index (χ3v) is 4.13. The number of hydrogen-bond donors (Lipinski definition) is 0. The maximum absolute atomic E-state index is 6.10. The van der Waals surface area contributed by atoms with Crippen LogP contribution in [0, 0.1) is 0 Å². The lowest BCUT2D eigenvalue weighted by molar-refractivity contribution is -0.363. The van der Waals surface area contributed by atoms with Gasteiger partial charge in [-0.2, -0.15) is 0 Å². The summed E-state index contributed by atoms with van der Waals surface area (Å²) in [5.41, 5.74) is 0.971. The predicted molar refractivity (Wildman–Crippen MR) is 77.3 cm³/mol. The van der Waals surface area contributed by atoms with Crippen LogP contribution in [0.4, 0.5) is 0 Å². The molecule has 1 aromatic rings. The second kappa shape index (κ2) is 7.04. The fraction of sp³-hybridized carbons (Fsp3) is 0.625. The van der Waals surface area contributed by atoms with E-state index >= 15 is 0 Å². The monoisotopic (exact) mass is 310 g/mol. The molecule has 0 radical (unpaired) electrons. The van der Waals surface area contributed by atoms with Gasteiger partial charge < -0.3 is 28.4 Å². The number of fused-ring (bicyclic) bond motifs is 1. The molecule has 2 heterocycles. The summed E-state index contributed by atoms with van der Waals surface area (Å²) in [4.78, 5) is 0. The Hall–Kier alpha value is -1.02. The van der Waals surface area contributed by atoms with Crippen molar-refractivity contribution in [2.75, 3.05) is 27.9 Å². The third kappa shape index (κ3) is 2.90. The zero-order chi connectivity index (χ0) is 15.5. The van der Waals surface area contributed by atoms with Crippen molar-refractivity contribution in [3.8, 4) is 0 Å². The van der Waals surface area contributed by atoms with E-state index in [0.29, 0.717) is 6.61 Å². The Bertz CT molecular complexity index is 467. The van der Waals surface area contributed by atoms with Crippen molar-refractivity contribution in [3.05, 3.63) is 35.9 Å². The average Bonchev–Trinajstić information content (AvgIpc) is 2.60. The summed E-state index contributed by atoms with van der Waals surface area (Å²) in [6.07, 6.45) is -2.10. The second-order valence-corrected chi connectivity index (χ2v) is 5.36. The minimum atomic E-state index is -0.503. The number of methoxy groups -OCH3 is 3. The van der Waals surface area contributed by atoms with E-state index in [2.05, 4.69) is 0 Å². The van der Waals surface area contributed by atoms with Gasteiger partial charge in [-0.25, -0.2) is 0 Å². The van der Waals surface area contributed by atoms with Gasteiger partial charge in [-0.3, -0.25) is 0 Å². The van der Waals surface area contributed by atoms with E-state index in [0.717, 1.165) is 5.56 Å². The normalized spacial score (nSPS) is 38.5. The Morgan fingerprint density at radius 1 is 0.909 bits per heavy atom. The van der Waals surface area contributed by atoms with Crippen LogP contribution in [-0.4, -0.2) is 58.6 Å². The lowest BCUT2D eigenvalue weighted by Gasteiger charge is -2.48. The van der Waals surface area contributed by atoms with Crippen LogP contribution in [0.5, 0.6) is 0 Å². The maximum Gasteiger partial charge on any atom is 0.186 e. The zero-order valence-electron chi connectivity index (χ0n) is 13.0. The minimum absolute atomic E-state index is 0.249. The van der Waals surface area contributed by atoms with Crippen LogP contribution in [0.25, 0.3) is 0 Å². The second-order valence-electron chi connectivity index (χ2n) is 5.36. The van der Waals surface area contributed by atoms with E-state index in [1.807, 2.05) is 30.3 Å². The summed E-state index contributed by atoms with van der Waals surface area (Å²) in [5, 5.41) is 0. The Labute approximate surface area is 130 Å². The van der Waals surface area contributed by atoms with Crippen LogP contribution in [0.3, 0.4) is 0 Å². The first-order chi connectivity index (χ1) is 10.8. The van der Waals surface area contributed by atoms with Gasteiger partial charge in [0.05, 0.1) is 6.61 Å². The first kappa shape index (κ1) is 15.9. The molecule has 122 valence electrons. The zero-order valence-corrected chi connectivity index (χ0v) is 13.0. The highest BCUT2D eigenvalue weighted by atomic mass is 16.8. The van der Waals surface area contributed by atoms with E-state index < -0.39 is 12.6 Å². The average molecular weight is 310 g/mol. The van der Waals surface area contributed by atoms with Gasteiger partial charge in [-0.05, 0) is 0 Å². The molecule has 0 saturated carbocycles. The largest absolute Gasteiger partial charge is 0.376 e. The van der Waals surface area contributed by atoms with Gasteiger partial charge in [0.25, 0.3) is 0 Å². The molecule has 0 spiro atoms. The fourth-order valence-electron chi connectivity index (χ4n) is 3.03. The molecule has 2 aliphatic heterocycles. The molecule has 0 aliphatic carbocycles. The highest BCUT2D eigenvalue weighted by Gasteiger charge is 2.50. The summed E-state index contributed by atoms with van der Waals surface area (Å²) < 4.78 is 34.2. The molecule has 0 aromatic heterocycles. The van der Waals surface area contributed by atoms with Gasteiger partial charge in [0.15, 0.2) is 12.6 Å². The molecular weight excluding hydrogens is 288 g/mol. The molecule has 6 atom stereocenters. The van der Waals surface area contributed by atoms with Gasteiger partial charge in [0, 0.05) is 26.9 Å². The molecule has 0 amide bonds. The maximum atomic E-state index is 6.10.